The van der Waals surface area contributed by atoms with E-state index in [4.69, 9.17) is 0 Å². The van der Waals surface area contributed by atoms with Crippen LogP contribution >= 0.6 is 0 Å². The Morgan fingerprint density at radius 1 is 1.12 bits per heavy atom. The number of carbonyl (C=O) groups is 1. The van der Waals surface area contributed by atoms with E-state index >= 15 is 0 Å². The number of carbonyl (C=O) groups excluding carboxylic acids is 1. The summed E-state index contributed by atoms with van der Waals surface area (Å²) in [5.74, 6) is 0.958. The lowest BCUT2D eigenvalue weighted by atomic mass is 10.1. The standard InChI is InChI=1S/C19H22FN5O/c1-13-2-7-18(23-22-13)24-8-10-25(11-9-24)19(26)21-15-5-6-16(14-3-4-14)17(20)12-15/h2,5-7,12,14H,3-4,8-11H2,1H3,(H,21,26). The fourth-order valence-electron chi connectivity index (χ4n) is 3.23. The molecule has 1 saturated heterocycles. The molecule has 1 saturated carbocycles. The van der Waals surface area contributed by atoms with Crippen LogP contribution in [-0.2, 0) is 0 Å². The molecule has 2 aliphatic rings. The van der Waals surface area contributed by atoms with Crippen molar-refractivity contribution < 1.29 is 9.18 Å². The summed E-state index contributed by atoms with van der Waals surface area (Å²) in [6, 6.07) is 8.68. The van der Waals surface area contributed by atoms with E-state index < -0.39 is 0 Å². The third-order valence-corrected chi connectivity index (χ3v) is 4.94. The Balaban J connectivity index is 1.33. The quantitative estimate of drug-likeness (QED) is 0.919. The average Bonchev–Trinajstić information content (AvgIpc) is 3.48. The number of halogens is 1. The van der Waals surface area contributed by atoms with Gasteiger partial charge in [-0.15, -0.1) is 5.10 Å². The molecule has 1 aromatic carbocycles. The second-order valence-corrected chi connectivity index (χ2v) is 6.95. The molecule has 0 bridgehead atoms. The van der Waals surface area contributed by atoms with Crippen LogP contribution in [-0.4, -0.2) is 47.3 Å². The van der Waals surface area contributed by atoms with Crippen molar-refractivity contribution >= 4 is 17.5 Å². The molecule has 0 spiro atoms. The van der Waals surface area contributed by atoms with E-state index in [0.717, 1.165) is 29.9 Å². The zero-order chi connectivity index (χ0) is 18.1. The number of amides is 2. The van der Waals surface area contributed by atoms with E-state index in [9.17, 15) is 9.18 Å². The predicted molar refractivity (Wildman–Crippen MR) is 97.9 cm³/mol. The highest BCUT2D eigenvalue weighted by molar-refractivity contribution is 5.89. The van der Waals surface area contributed by atoms with Gasteiger partial charge in [0.25, 0.3) is 0 Å². The first-order chi connectivity index (χ1) is 12.6. The summed E-state index contributed by atoms with van der Waals surface area (Å²) < 4.78 is 14.1. The molecule has 26 heavy (non-hydrogen) atoms. The summed E-state index contributed by atoms with van der Waals surface area (Å²) in [6.45, 7) is 4.47. The van der Waals surface area contributed by atoms with Gasteiger partial charge in [-0.05, 0) is 55.5 Å². The highest BCUT2D eigenvalue weighted by Gasteiger charge is 2.27. The van der Waals surface area contributed by atoms with Gasteiger partial charge >= 0.3 is 6.03 Å². The summed E-state index contributed by atoms with van der Waals surface area (Å²) in [5.41, 5.74) is 2.14. The Hall–Kier alpha value is -2.70. The van der Waals surface area contributed by atoms with Gasteiger partial charge < -0.3 is 15.1 Å². The van der Waals surface area contributed by atoms with Crippen LogP contribution in [0, 0.1) is 12.7 Å². The Kier molecular flexibility index (Phi) is 4.44. The van der Waals surface area contributed by atoms with E-state index in [1.165, 1.54) is 6.07 Å². The van der Waals surface area contributed by atoms with Gasteiger partial charge in [-0.3, -0.25) is 0 Å². The van der Waals surface area contributed by atoms with Crippen LogP contribution < -0.4 is 10.2 Å². The molecule has 0 radical (unpaired) electrons. The molecule has 1 aliphatic heterocycles. The molecule has 1 N–H and O–H groups in total. The Bertz CT molecular complexity index is 798. The van der Waals surface area contributed by atoms with Crippen LogP contribution in [0.2, 0.25) is 0 Å². The molecule has 2 aromatic rings. The smallest absolute Gasteiger partial charge is 0.321 e. The maximum atomic E-state index is 14.1. The zero-order valence-electron chi connectivity index (χ0n) is 14.8. The summed E-state index contributed by atoms with van der Waals surface area (Å²) in [7, 11) is 0. The lowest BCUT2D eigenvalue weighted by Gasteiger charge is -2.35. The summed E-state index contributed by atoms with van der Waals surface area (Å²) >= 11 is 0. The third-order valence-electron chi connectivity index (χ3n) is 4.94. The molecule has 4 rings (SSSR count). The van der Waals surface area contributed by atoms with Gasteiger partial charge in [-0.25, -0.2) is 9.18 Å². The lowest BCUT2D eigenvalue weighted by Crippen LogP contribution is -2.50. The van der Waals surface area contributed by atoms with Crippen molar-refractivity contribution in [3.8, 4) is 0 Å². The largest absolute Gasteiger partial charge is 0.352 e. The molecule has 2 amide bonds. The number of nitrogens with zero attached hydrogens (tertiary/aromatic N) is 4. The minimum absolute atomic E-state index is 0.196. The minimum atomic E-state index is -0.229. The second-order valence-electron chi connectivity index (χ2n) is 6.95. The van der Waals surface area contributed by atoms with Gasteiger partial charge in [0.15, 0.2) is 5.82 Å². The number of nitrogens with one attached hydrogen (secondary N) is 1. The van der Waals surface area contributed by atoms with Crippen molar-refractivity contribution in [3.63, 3.8) is 0 Å². The maximum Gasteiger partial charge on any atom is 0.321 e. The van der Waals surface area contributed by atoms with Crippen molar-refractivity contribution in [2.75, 3.05) is 36.4 Å². The van der Waals surface area contributed by atoms with Crippen LogP contribution in [0.5, 0.6) is 0 Å². The molecule has 2 heterocycles. The van der Waals surface area contributed by atoms with Crippen LogP contribution in [0.1, 0.15) is 30.0 Å². The number of anilines is 2. The van der Waals surface area contributed by atoms with Gasteiger partial charge in [0.2, 0.25) is 0 Å². The van der Waals surface area contributed by atoms with E-state index in [0.29, 0.717) is 37.8 Å². The first-order valence-corrected chi connectivity index (χ1v) is 9.01. The molecule has 1 aliphatic carbocycles. The monoisotopic (exact) mass is 355 g/mol. The summed E-state index contributed by atoms with van der Waals surface area (Å²) in [5, 5.41) is 11.1. The van der Waals surface area contributed by atoms with Crippen LogP contribution in [0.15, 0.2) is 30.3 Å². The Morgan fingerprint density at radius 3 is 2.50 bits per heavy atom. The SMILES string of the molecule is Cc1ccc(N2CCN(C(=O)Nc3ccc(C4CC4)c(F)c3)CC2)nn1. The van der Waals surface area contributed by atoms with Crippen molar-refractivity contribution in [1.82, 2.24) is 15.1 Å². The van der Waals surface area contributed by atoms with E-state index in [1.54, 1.807) is 17.0 Å². The van der Waals surface area contributed by atoms with Crippen molar-refractivity contribution in [1.29, 1.82) is 0 Å². The minimum Gasteiger partial charge on any atom is -0.352 e. The summed E-state index contributed by atoms with van der Waals surface area (Å²) in [6.07, 6.45) is 2.11. The van der Waals surface area contributed by atoms with Gasteiger partial charge in [0.1, 0.15) is 5.82 Å². The highest BCUT2D eigenvalue weighted by Crippen LogP contribution is 2.41. The molecule has 1 aromatic heterocycles. The topological polar surface area (TPSA) is 61.4 Å². The lowest BCUT2D eigenvalue weighted by molar-refractivity contribution is 0.208. The molecule has 0 atom stereocenters. The fourth-order valence-corrected chi connectivity index (χ4v) is 3.23. The van der Waals surface area contributed by atoms with Crippen molar-refractivity contribution in [3.05, 3.63) is 47.4 Å². The molecule has 2 fully saturated rings. The van der Waals surface area contributed by atoms with Crippen LogP contribution in [0.3, 0.4) is 0 Å². The number of piperazine rings is 1. The van der Waals surface area contributed by atoms with E-state index in [2.05, 4.69) is 20.4 Å². The fraction of sp³-hybridized carbons (Fsp3) is 0.421. The molecule has 0 unspecified atom stereocenters. The highest BCUT2D eigenvalue weighted by atomic mass is 19.1. The first kappa shape index (κ1) is 16.8. The number of hydrogen-bond donors (Lipinski definition) is 1. The van der Waals surface area contributed by atoms with Crippen LogP contribution in [0.4, 0.5) is 20.7 Å². The van der Waals surface area contributed by atoms with Crippen molar-refractivity contribution in [2.45, 2.75) is 25.7 Å². The van der Waals surface area contributed by atoms with Gasteiger partial charge in [0.05, 0.1) is 5.69 Å². The molecule has 7 heteroatoms. The van der Waals surface area contributed by atoms with Crippen molar-refractivity contribution in [2.24, 2.45) is 0 Å². The number of benzene rings is 1. The number of urea groups is 1. The second kappa shape index (κ2) is 6.90. The summed E-state index contributed by atoms with van der Waals surface area (Å²) in [4.78, 5) is 16.3. The van der Waals surface area contributed by atoms with E-state index in [1.807, 2.05) is 19.1 Å². The predicted octanol–water partition coefficient (Wildman–Crippen LogP) is 3.16. The number of aromatic nitrogens is 2. The van der Waals surface area contributed by atoms with Gasteiger partial charge in [-0.1, -0.05) is 6.07 Å². The van der Waals surface area contributed by atoms with E-state index in [-0.39, 0.29) is 11.8 Å². The van der Waals surface area contributed by atoms with Crippen LogP contribution in [0.25, 0.3) is 0 Å². The Morgan fingerprint density at radius 2 is 1.88 bits per heavy atom. The first-order valence-electron chi connectivity index (χ1n) is 9.01. The molecular weight excluding hydrogens is 333 g/mol. The molecular formula is C19H22FN5O. The Labute approximate surface area is 152 Å². The van der Waals surface area contributed by atoms with Gasteiger partial charge in [-0.2, -0.15) is 5.10 Å². The number of aryl methyl sites for hydroxylation is 1. The average molecular weight is 355 g/mol. The maximum absolute atomic E-state index is 14.1. The molecule has 6 nitrogen and oxygen atoms in total. The molecule has 136 valence electrons. The number of hydrogen-bond acceptors (Lipinski definition) is 4. The number of rotatable bonds is 3. The normalized spacial score (nSPS) is 17.3. The zero-order valence-corrected chi connectivity index (χ0v) is 14.8. The van der Waals surface area contributed by atoms with Gasteiger partial charge in [0, 0.05) is 31.9 Å². The third kappa shape index (κ3) is 3.61.